The Balaban J connectivity index is 3.35. The third-order valence-electron chi connectivity index (χ3n) is 18.3. The van der Waals surface area contributed by atoms with Crippen molar-refractivity contribution in [2.45, 2.75) is 456 Å². The molecule has 0 heterocycles. The molecule has 0 spiro atoms. The number of nitrogens with one attached hydrogen (secondary N) is 1. The quantitative estimate of drug-likeness (QED) is 0.0320. The van der Waals surface area contributed by atoms with Crippen LogP contribution in [0.4, 0.5) is 0 Å². The lowest BCUT2D eigenvalue weighted by Crippen LogP contribution is -2.45. The summed E-state index contributed by atoms with van der Waals surface area (Å²) in [7, 11) is 0. The van der Waals surface area contributed by atoms with E-state index in [1.54, 1.807) is 0 Å². The minimum Gasteiger partial charge on any atom is -0.466 e. The summed E-state index contributed by atoms with van der Waals surface area (Å²) in [6, 6.07) is -0.540. The molecule has 2 atom stereocenters. The van der Waals surface area contributed by atoms with Crippen molar-refractivity contribution in [3.63, 3.8) is 0 Å². The number of rotatable bonds is 73. The number of carbonyl (C=O) groups excluding carboxylic acids is 2. The largest absolute Gasteiger partial charge is 0.466 e. The lowest BCUT2D eigenvalue weighted by molar-refractivity contribution is -0.143. The number of aliphatic hydroxyl groups is 2. The zero-order valence-electron chi connectivity index (χ0n) is 56.7. The van der Waals surface area contributed by atoms with E-state index in [1.807, 2.05) is 0 Å². The van der Waals surface area contributed by atoms with Gasteiger partial charge in [0.05, 0.1) is 25.4 Å². The van der Waals surface area contributed by atoms with E-state index in [9.17, 15) is 19.8 Å². The lowest BCUT2D eigenvalue weighted by Gasteiger charge is -2.22. The molecule has 0 aromatic carbocycles. The summed E-state index contributed by atoms with van der Waals surface area (Å²) in [5.41, 5.74) is 0. The molecular weight excluding hydrogens is 1020 g/mol. The highest BCUT2D eigenvalue weighted by atomic mass is 16.5. The first kappa shape index (κ1) is 81.6. The molecule has 1 amide bonds. The molecule has 0 saturated carbocycles. The summed E-state index contributed by atoms with van der Waals surface area (Å²) in [4.78, 5) is 24.6. The monoisotopic (exact) mass is 1170 g/mol. The maximum atomic E-state index is 12.6. The molecule has 83 heavy (non-hydrogen) atoms. The Kier molecular flexibility index (Phi) is 71.8. The summed E-state index contributed by atoms with van der Waals surface area (Å²) >= 11 is 0. The van der Waals surface area contributed by atoms with Gasteiger partial charge in [0.2, 0.25) is 5.91 Å². The maximum absolute atomic E-state index is 12.6. The highest BCUT2D eigenvalue weighted by Crippen LogP contribution is 2.20. The molecule has 0 radical (unpaired) electrons. The summed E-state index contributed by atoms with van der Waals surface area (Å²) < 4.78 is 5.49. The smallest absolute Gasteiger partial charge is 0.305 e. The standard InChI is InChI=1S/C77H151NO5/c1-3-5-7-9-11-13-15-17-19-20-21-22-23-27-30-33-36-39-42-45-49-53-57-61-65-69-75(80)74(73-79)78-76(81)70-66-62-58-54-50-46-43-40-37-34-31-28-25-24-26-29-32-35-38-41-44-48-52-56-60-64-68-72-83-77(82)71-67-63-59-55-51-47-18-16-14-12-10-8-6-4-2/h16,18,74-75,79-80H,3-15,17,19-73H2,1-2H3,(H,78,81)/b18-16-. The van der Waals surface area contributed by atoms with E-state index >= 15 is 0 Å². The summed E-state index contributed by atoms with van der Waals surface area (Å²) in [6.07, 6.45) is 91.4. The van der Waals surface area contributed by atoms with Crippen LogP contribution in [0, 0.1) is 0 Å². The van der Waals surface area contributed by atoms with Gasteiger partial charge in [-0.05, 0) is 51.4 Å². The maximum Gasteiger partial charge on any atom is 0.305 e. The Bertz CT molecular complexity index is 1260. The van der Waals surface area contributed by atoms with E-state index in [-0.39, 0.29) is 18.5 Å². The second kappa shape index (κ2) is 73.1. The molecule has 0 saturated heterocycles. The molecule has 0 rings (SSSR count). The predicted molar refractivity (Wildman–Crippen MR) is 366 cm³/mol. The fraction of sp³-hybridized carbons (Fsp3) is 0.948. The van der Waals surface area contributed by atoms with Gasteiger partial charge in [0.25, 0.3) is 0 Å². The van der Waals surface area contributed by atoms with Crippen LogP contribution < -0.4 is 5.32 Å². The topological polar surface area (TPSA) is 95.9 Å². The van der Waals surface area contributed by atoms with Crippen molar-refractivity contribution < 1.29 is 24.5 Å². The molecule has 0 bridgehead atoms. The van der Waals surface area contributed by atoms with Gasteiger partial charge in [-0.25, -0.2) is 0 Å². The Hall–Kier alpha value is -1.40. The Morgan fingerprint density at radius 1 is 0.325 bits per heavy atom. The van der Waals surface area contributed by atoms with E-state index in [0.717, 1.165) is 44.9 Å². The number of ether oxygens (including phenoxy) is 1. The predicted octanol–water partition coefficient (Wildman–Crippen LogP) is 25.1. The Morgan fingerprint density at radius 2 is 0.566 bits per heavy atom. The molecule has 0 aliphatic rings. The second-order valence-electron chi connectivity index (χ2n) is 26.7. The van der Waals surface area contributed by atoms with Crippen molar-refractivity contribution in [1.82, 2.24) is 5.32 Å². The van der Waals surface area contributed by atoms with Crippen molar-refractivity contribution >= 4 is 11.9 Å². The number of allylic oxidation sites excluding steroid dienone is 2. The zero-order valence-corrected chi connectivity index (χ0v) is 56.7. The van der Waals surface area contributed by atoms with Crippen molar-refractivity contribution in [1.29, 1.82) is 0 Å². The van der Waals surface area contributed by atoms with Crippen LogP contribution in [-0.4, -0.2) is 47.4 Å². The molecule has 2 unspecified atom stereocenters. The average molecular weight is 1170 g/mol. The van der Waals surface area contributed by atoms with Gasteiger partial charge in [-0.2, -0.15) is 0 Å². The fourth-order valence-electron chi connectivity index (χ4n) is 12.5. The van der Waals surface area contributed by atoms with Crippen LogP contribution in [0.1, 0.15) is 444 Å². The van der Waals surface area contributed by atoms with E-state index < -0.39 is 12.1 Å². The Labute approximate surface area is 520 Å². The fourth-order valence-corrected chi connectivity index (χ4v) is 12.5. The number of amides is 1. The molecule has 6 heteroatoms. The summed E-state index contributed by atoms with van der Waals surface area (Å²) in [5.74, 6) is -0.0154. The van der Waals surface area contributed by atoms with Crippen molar-refractivity contribution in [2.24, 2.45) is 0 Å². The van der Waals surface area contributed by atoms with E-state index in [0.29, 0.717) is 25.9 Å². The second-order valence-corrected chi connectivity index (χ2v) is 26.7. The molecule has 6 nitrogen and oxygen atoms in total. The van der Waals surface area contributed by atoms with Crippen LogP contribution in [0.3, 0.4) is 0 Å². The molecule has 3 N–H and O–H groups in total. The first-order valence-electron chi connectivity index (χ1n) is 38.4. The molecule has 494 valence electrons. The zero-order chi connectivity index (χ0) is 59.9. The first-order chi connectivity index (χ1) is 41.0. The third-order valence-corrected chi connectivity index (χ3v) is 18.3. The van der Waals surface area contributed by atoms with Crippen molar-refractivity contribution in [2.75, 3.05) is 13.2 Å². The highest BCUT2D eigenvalue weighted by Gasteiger charge is 2.20. The molecule has 0 aliphatic heterocycles. The Morgan fingerprint density at radius 3 is 0.855 bits per heavy atom. The van der Waals surface area contributed by atoms with E-state index in [2.05, 4.69) is 31.3 Å². The summed E-state index contributed by atoms with van der Waals surface area (Å²) in [6.45, 7) is 4.99. The molecule has 0 aromatic rings. The van der Waals surface area contributed by atoms with Crippen LogP contribution in [0.5, 0.6) is 0 Å². The highest BCUT2D eigenvalue weighted by molar-refractivity contribution is 5.76. The number of hydrogen-bond acceptors (Lipinski definition) is 5. The SMILES string of the molecule is CCCCCCC/C=C\CCCCCCCC(=O)OCCCCCCCCCCCCCCCCCCCCCCCCCCCCCC(=O)NC(CO)C(O)CCCCCCCCCCCCCCCCCCCCCCCCCCC. The average Bonchev–Trinajstić information content (AvgIpc) is 3.49. The lowest BCUT2D eigenvalue weighted by atomic mass is 10.0. The molecule has 0 aromatic heterocycles. The van der Waals surface area contributed by atoms with Gasteiger partial charge >= 0.3 is 5.97 Å². The van der Waals surface area contributed by atoms with Gasteiger partial charge in [-0.15, -0.1) is 0 Å². The number of hydrogen-bond donors (Lipinski definition) is 3. The molecule has 0 fully saturated rings. The van der Waals surface area contributed by atoms with Gasteiger partial charge in [-0.3, -0.25) is 9.59 Å². The number of aliphatic hydroxyl groups excluding tert-OH is 2. The third kappa shape index (κ3) is 69.6. The number of carbonyl (C=O) groups is 2. The van der Waals surface area contributed by atoms with Crippen LogP contribution >= 0.6 is 0 Å². The van der Waals surface area contributed by atoms with E-state index in [4.69, 9.17) is 4.74 Å². The number of unbranched alkanes of at least 4 members (excludes halogenated alkanes) is 60. The van der Waals surface area contributed by atoms with Gasteiger partial charge in [0.15, 0.2) is 0 Å². The van der Waals surface area contributed by atoms with Crippen molar-refractivity contribution in [3.8, 4) is 0 Å². The number of esters is 1. The minimum atomic E-state index is -0.664. The van der Waals surface area contributed by atoms with Gasteiger partial charge in [0, 0.05) is 12.8 Å². The van der Waals surface area contributed by atoms with Gasteiger partial charge in [-0.1, -0.05) is 392 Å². The van der Waals surface area contributed by atoms with Gasteiger partial charge < -0.3 is 20.3 Å². The summed E-state index contributed by atoms with van der Waals surface area (Å²) in [5, 5.41) is 23.5. The minimum absolute atomic E-state index is 0.0108. The van der Waals surface area contributed by atoms with Crippen LogP contribution in [0.2, 0.25) is 0 Å². The van der Waals surface area contributed by atoms with Crippen LogP contribution in [0.25, 0.3) is 0 Å². The van der Waals surface area contributed by atoms with Crippen LogP contribution in [0.15, 0.2) is 12.2 Å². The van der Waals surface area contributed by atoms with E-state index in [1.165, 1.54) is 366 Å². The first-order valence-corrected chi connectivity index (χ1v) is 38.4. The molecule has 0 aliphatic carbocycles. The van der Waals surface area contributed by atoms with Crippen LogP contribution in [-0.2, 0) is 14.3 Å². The van der Waals surface area contributed by atoms with Gasteiger partial charge in [0.1, 0.15) is 0 Å². The van der Waals surface area contributed by atoms with Crippen molar-refractivity contribution in [3.05, 3.63) is 12.2 Å². The molecular formula is C77H151NO5. The normalized spacial score (nSPS) is 12.5.